The van der Waals surface area contributed by atoms with Crippen LogP contribution in [-0.4, -0.2) is 11.8 Å². The molecule has 0 bridgehead atoms. The summed E-state index contributed by atoms with van der Waals surface area (Å²) < 4.78 is 0. The third-order valence-electron chi connectivity index (χ3n) is 2.27. The average Bonchev–Trinajstić information content (AvgIpc) is 2.52. The first-order valence-corrected chi connectivity index (χ1v) is 4.64. The first-order chi connectivity index (χ1) is 6.24. The maximum atomic E-state index is 11.5. The SMILES string of the molecule is C#CCCCC(=O)C1C=CC(N)C1. The first kappa shape index (κ1) is 10.0. The van der Waals surface area contributed by atoms with Crippen molar-refractivity contribution in [3.8, 4) is 12.3 Å². The molecule has 1 rings (SSSR count). The molecule has 0 aromatic rings. The van der Waals surface area contributed by atoms with Gasteiger partial charge in [-0.15, -0.1) is 12.3 Å². The molecule has 2 N–H and O–H groups in total. The lowest BCUT2D eigenvalue weighted by molar-refractivity contribution is -0.121. The Bertz CT molecular complexity index is 249. The van der Waals surface area contributed by atoms with E-state index in [2.05, 4.69) is 5.92 Å². The monoisotopic (exact) mass is 177 g/mol. The van der Waals surface area contributed by atoms with Crippen molar-refractivity contribution < 1.29 is 4.79 Å². The second kappa shape index (κ2) is 4.84. The van der Waals surface area contributed by atoms with Gasteiger partial charge in [-0.05, 0) is 12.8 Å². The summed E-state index contributed by atoms with van der Waals surface area (Å²) in [6, 6.07) is 0.0709. The van der Waals surface area contributed by atoms with Gasteiger partial charge in [0.15, 0.2) is 0 Å². The summed E-state index contributed by atoms with van der Waals surface area (Å²) in [7, 11) is 0. The maximum absolute atomic E-state index is 11.5. The summed E-state index contributed by atoms with van der Waals surface area (Å²) in [6.45, 7) is 0. The maximum Gasteiger partial charge on any atom is 0.139 e. The third kappa shape index (κ3) is 3.04. The smallest absolute Gasteiger partial charge is 0.139 e. The predicted octanol–water partition coefficient (Wildman–Crippen LogP) is 1.26. The molecule has 2 heteroatoms. The molecule has 0 amide bonds. The molecule has 0 aliphatic heterocycles. The summed E-state index contributed by atoms with van der Waals surface area (Å²) in [4.78, 5) is 11.5. The van der Waals surface area contributed by atoms with Gasteiger partial charge in [0.1, 0.15) is 5.78 Å². The zero-order valence-corrected chi connectivity index (χ0v) is 7.70. The topological polar surface area (TPSA) is 43.1 Å². The van der Waals surface area contributed by atoms with Gasteiger partial charge in [0.2, 0.25) is 0 Å². The molecule has 0 spiro atoms. The van der Waals surface area contributed by atoms with Crippen LogP contribution in [0.3, 0.4) is 0 Å². The highest BCUT2D eigenvalue weighted by Crippen LogP contribution is 2.19. The summed E-state index contributed by atoms with van der Waals surface area (Å²) in [5.74, 6) is 2.85. The fourth-order valence-corrected chi connectivity index (χ4v) is 1.52. The van der Waals surface area contributed by atoms with Gasteiger partial charge in [0.05, 0.1) is 0 Å². The van der Waals surface area contributed by atoms with Crippen LogP contribution < -0.4 is 5.73 Å². The number of hydrogen-bond donors (Lipinski definition) is 1. The number of ketones is 1. The molecular formula is C11H15NO. The van der Waals surface area contributed by atoms with Crippen LogP contribution in [0, 0.1) is 18.3 Å². The minimum atomic E-state index is 0.0489. The largest absolute Gasteiger partial charge is 0.324 e. The molecule has 0 aromatic carbocycles. The molecular weight excluding hydrogens is 162 g/mol. The molecule has 1 aliphatic rings. The molecule has 0 saturated heterocycles. The number of terminal acetylenes is 1. The number of hydrogen-bond acceptors (Lipinski definition) is 2. The van der Waals surface area contributed by atoms with Gasteiger partial charge in [-0.1, -0.05) is 12.2 Å². The van der Waals surface area contributed by atoms with E-state index >= 15 is 0 Å². The van der Waals surface area contributed by atoms with Crippen molar-refractivity contribution in [2.45, 2.75) is 31.7 Å². The Morgan fingerprint density at radius 2 is 2.38 bits per heavy atom. The second-order valence-electron chi connectivity index (χ2n) is 3.41. The van der Waals surface area contributed by atoms with Crippen LogP contribution in [0.15, 0.2) is 12.2 Å². The van der Waals surface area contributed by atoms with E-state index in [1.54, 1.807) is 0 Å². The van der Waals surface area contributed by atoms with Gasteiger partial charge in [-0.3, -0.25) is 4.79 Å². The predicted molar refractivity (Wildman–Crippen MR) is 52.9 cm³/mol. The van der Waals surface area contributed by atoms with E-state index in [1.807, 2.05) is 12.2 Å². The van der Waals surface area contributed by atoms with Crippen molar-refractivity contribution >= 4 is 5.78 Å². The molecule has 0 aromatic heterocycles. The highest BCUT2D eigenvalue weighted by Gasteiger charge is 2.21. The van der Waals surface area contributed by atoms with Gasteiger partial charge >= 0.3 is 0 Å². The Balaban J connectivity index is 2.25. The number of nitrogens with two attached hydrogens (primary N) is 1. The highest BCUT2D eigenvalue weighted by atomic mass is 16.1. The minimum Gasteiger partial charge on any atom is -0.324 e. The van der Waals surface area contributed by atoms with Gasteiger partial charge in [-0.2, -0.15) is 0 Å². The van der Waals surface area contributed by atoms with Crippen molar-refractivity contribution in [2.75, 3.05) is 0 Å². The third-order valence-corrected chi connectivity index (χ3v) is 2.27. The van der Waals surface area contributed by atoms with Gasteiger partial charge < -0.3 is 5.73 Å². The molecule has 2 nitrogen and oxygen atoms in total. The van der Waals surface area contributed by atoms with Crippen LogP contribution in [0.5, 0.6) is 0 Å². The van der Waals surface area contributed by atoms with Crippen LogP contribution in [0.4, 0.5) is 0 Å². The minimum absolute atomic E-state index is 0.0489. The van der Waals surface area contributed by atoms with Crippen molar-refractivity contribution in [1.29, 1.82) is 0 Å². The number of allylic oxidation sites excluding steroid dienone is 1. The average molecular weight is 177 g/mol. The Labute approximate surface area is 79.2 Å². The lowest BCUT2D eigenvalue weighted by atomic mass is 9.98. The zero-order valence-electron chi connectivity index (χ0n) is 7.70. The van der Waals surface area contributed by atoms with E-state index in [0.717, 1.165) is 12.8 Å². The summed E-state index contributed by atoms with van der Waals surface area (Å²) in [5, 5.41) is 0. The Hall–Kier alpha value is -1.07. The number of carbonyl (C=O) groups excluding carboxylic acids is 1. The number of unbranched alkanes of at least 4 members (excludes halogenated alkanes) is 1. The molecule has 0 saturated carbocycles. The highest BCUT2D eigenvalue weighted by molar-refractivity contribution is 5.83. The summed E-state index contributed by atoms with van der Waals surface area (Å²) in [5.41, 5.74) is 5.65. The van der Waals surface area contributed by atoms with Gasteiger partial charge in [-0.25, -0.2) is 0 Å². The lowest BCUT2D eigenvalue weighted by Crippen LogP contribution is -2.18. The molecule has 70 valence electrons. The standard InChI is InChI=1S/C11H15NO/c1-2-3-4-5-11(13)9-6-7-10(12)8-9/h1,6-7,9-10H,3-5,8,12H2. The van der Waals surface area contributed by atoms with Gasteiger partial charge in [0, 0.05) is 24.8 Å². The van der Waals surface area contributed by atoms with Crippen molar-refractivity contribution in [3.63, 3.8) is 0 Å². The van der Waals surface area contributed by atoms with Gasteiger partial charge in [0.25, 0.3) is 0 Å². The molecule has 2 unspecified atom stereocenters. The van der Waals surface area contributed by atoms with E-state index in [9.17, 15) is 4.79 Å². The Morgan fingerprint density at radius 3 is 2.92 bits per heavy atom. The molecule has 1 aliphatic carbocycles. The van der Waals surface area contributed by atoms with E-state index < -0.39 is 0 Å². The molecule has 13 heavy (non-hydrogen) atoms. The lowest BCUT2D eigenvalue weighted by Gasteiger charge is -2.06. The Morgan fingerprint density at radius 1 is 1.62 bits per heavy atom. The first-order valence-electron chi connectivity index (χ1n) is 4.64. The van der Waals surface area contributed by atoms with Crippen molar-refractivity contribution in [2.24, 2.45) is 11.7 Å². The number of rotatable bonds is 4. The Kier molecular flexibility index (Phi) is 3.72. The fourth-order valence-electron chi connectivity index (χ4n) is 1.52. The summed E-state index contributed by atoms with van der Waals surface area (Å²) >= 11 is 0. The van der Waals surface area contributed by atoms with E-state index in [1.165, 1.54) is 0 Å². The van der Waals surface area contributed by atoms with Crippen molar-refractivity contribution in [1.82, 2.24) is 0 Å². The summed E-state index contributed by atoms with van der Waals surface area (Å²) in [6.07, 6.45) is 11.8. The number of Topliss-reactive ketones (excluding diaryl/α,β-unsaturated/α-hetero) is 1. The number of carbonyl (C=O) groups is 1. The van der Waals surface area contributed by atoms with Crippen LogP contribution >= 0.6 is 0 Å². The van der Waals surface area contributed by atoms with E-state index in [0.29, 0.717) is 12.8 Å². The van der Waals surface area contributed by atoms with Crippen LogP contribution in [0.25, 0.3) is 0 Å². The van der Waals surface area contributed by atoms with Crippen LogP contribution in [-0.2, 0) is 4.79 Å². The quantitative estimate of drug-likeness (QED) is 0.399. The second-order valence-corrected chi connectivity index (χ2v) is 3.41. The van der Waals surface area contributed by atoms with Crippen molar-refractivity contribution in [3.05, 3.63) is 12.2 Å². The fraction of sp³-hybridized carbons (Fsp3) is 0.545. The molecule has 0 radical (unpaired) electrons. The molecule has 0 heterocycles. The van der Waals surface area contributed by atoms with Crippen LogP contribution in [0.2, 0.25) is 0 Å². The zero-order chi connectivity index (χ0) is 9.68. The molecule has 0 fully saturated rings. The van der Waals surface area contributed by atoms with E-state index in [-0.39, 0.29) is 17.7 Å². The van der Waals surface area contributed by atoms with E-state index in [4.69, 9.17) is 12.2 Å². The molecule has 2 atom stereocenters. The normalized spacial score (nSPS) is 25.8. The van der Waals surface area contributed by atoms with Crippen LogP contribution in [0.1, 0.15) is 25.7 Å².